The molecule has 0 aliphatic rings. The lowest BCUT2D eigenvalue weighted by molar-refractivity contribution is 0.597. The Morgan fingerprint density at radius 3 is 2.74 bits per heavy atom. The van der Waals surface area contributed by atoms with Gasteiger partial charge in [-0.15, -0.1) is 0 Å². The molecule has 0 atom stereocenters. The second-order valence-electron chi connectivity index (χ2n) is 3.94. The molecule has 0 radical (unpaired) electrons. The van der Waals surface area contributed by atoms with E-state index in [1.54, 1.807) is 24.5 Å². The van der Waals surface area contributed by atoms with E-state index < -0.39 is 10.0 Å². The maximum absolute atomic E-state index is 11.2. The number of nitrogens with zero attached hydrogens (tertiary/aromatic N) is 1. The van der Waals surface area contributed by atoms with Crippen LogP contribution < -0.4 is 10.5 Å². The van der Waals surface area contributed by atoms with Crippen LogP contribution in [0.15, 0.2) is 52.1 Å². The van der Waals surface area contributed by atoms with E-state index >= 15 is 0 Å². The van der Waals surface area contributed by atoms with Crippen LogP contribution in [-0.2, 0) is 16.6 Å². The van der Waals surface area contributed by atoms with Crippen molar-refractivity contribution < 1.29 is 8.42 Å². The Balaban J connectivity index is 2.12. The molecule has 19 heavy (non-hydrogen) atoms. The first kappa shape index (κ1) is 14.0. The summed E-state index contributed by atoms with van der Waals surface area (Å²) in [7, 11) is -3.66. The van der Waals surface area contributed by atoms with Gasteiger partial charge in [0.25, 0.3) is 0 Å². The van der Waals surface area contributed by atoms with Crippen molar-refractivity contribution in [3.05, 3.63) is 52.8 Å². The van der Waals surface area contributed by atoms with Crippen LogP contribution >= 0.6 is 15.9 Å². The number of aromatic nitrogens is 1. The molecule has 1 aromatic heterocycles. The summed E-state index contributed by atoms with van der Waals surface area (Å²) in [6.45, 7) is 0.488. The number of hydrogen-bond acceptors (Lipinski definition) is 4. The molecule has 2 aromatic rings. The van der Waals surface area contributed by atoms with E-state index in [2.05, 4.69) is 26.2 Å². The standard InChI is InChI=1S/C12H12BrN3O2S/c13-10-5-11(8-15-7-10)16-6-9-2-1-3-12(4-9)19(14,17)18/h1-5,7-8,16H,6H2,(H2,14,17,18). The van der Waals surface area contributed by atoms with E-state index in [1.165, 1.54) is 6.07 Å². The number of rotatable bonds is 4. The maximum atomic E-state index is 11.2. The zero-order valence-electron chi connectivity index (χ0n) is 9.88. The van der Waals surface area contributed by atoms with Gasteiger partial charge in [-0.05, 0) is 39.7 Å². The molecule has 2 rings (SSSR count). The summed E-state index contributed by atoms with van der Waals surface area (Å²) in [5.74, 6) is 0. The molecule has 3 N–H and O–H groups in total. The van der Waals surface area contributed by atoms with E-state index in [4.69, 9.17) is 5.14 Å². The van der Waals surface area contributed by atoms with Crippen molar-refractivity contribution in [1.82, 2.24) is 4.98 Å². The highest BCUT2D eigenvalue weighted by molar-refractivity contribution is 9.10. The average Bonchev–Trinajstić information content (AvgIpc) is 2.36. The third-order valence-electron chi connectivity index (χ3n) is 2.43. The van der Waals surface area contributed by atoms with Crippen molar-refractivity contribution in [1.29, 1.82) is 0 Å². The second-order valence-corrected chi connectivity index (χ2v) is 6.41. The number of pyridine rings is 1. The summed E-state index contributed by atoms with van der Waals surface area (Å²) in [5, 5.41) is 8.24. The lowest BCUT2D eigenvalue weighted by atomic mass is 10.2. The molecule has 0 unspecified atom stereocenters. The first-order valence-corrected chi connectivity index (χ1v) is 7.75. The van der Waals surface area contributed by atoms with Crippen LogP contribution in [-0.4, -0.2) is 13.4 Å². The summed E-state index contributed by atoms with van der Waals surface area (Å²) in [6, 6.07) is 8.40. The normalized spacial score (nSPS) is 11.3. The van der Waals surface area contributed by atoms with Gasteiger partial charge in [-0.3, -0.25) is 4.98 Å². The SMILES string of the molecule is NS(=O)(=O)c1cccc(CNc2cncc(Br)c2)c1. The molecular weight excluding hydrogens is 330 g/mol. The van der Waals surface area contributed by atoms with Crippen molar-refractivity contribution >= 4 is 31.6 Å². The molecule has 100 valence electrons. The molecule has 0 spiro atoms. The number of hydrogen-bond donors (Lipinski definition) is 2. The Morgan fingerprint density at radius 2 is 2.05 bits per heavy atom. The van der Waals surface area contributed by atoms with Crippen molar-refractivity contribution in [2.45, 2.75) is 11.4 Å². The predicted octanol–water partition coefficient (Wildman–Crippen LogP) is 2.10. The number of anilines is 1. The fraction of sp³-hybridized carbons (Fsp3) is 0.0833. The Bertz CT molecular complexity index is 689. The number of nitrogens with one attached hydrogen (secondary N) is 1. The Morgan fingerprint density at radius 1 is 1.26 bits per heavy atom. The molecule has 0 fully saturated rings. The molecular formula is C12H12BrN3O2S. The number of nitrogens with two attached hydrogens (primary N) is 1. The number of primary sulfonamides is 1. The van der Waals surface area contributed by atoms with Gasteiger partial charge in [-0.2, -0.15) is 0 Å². The second kappa shape index (κ2) is 5.68. The summed E-state index contributed by atoms with van der Waals surface area (Å²) >= 11 is 3.33. The van der Waals surface area contributed by atoms with Crippen LogP contribution in [0.1, 0.15) is 5.56 Å². The maximum Gasteiger partial charge on any atom is 0.238 e. The Kier molecular flexibility index (Phi) is 4.18. The van der Waals surface area contributed by atoms with Crippen LogP contribution in [0.4, 0.5) is 5.69 Å². The van der Waals surface area contributed by atoms with Crippen LogP contribution in [0.25, 0.3) is 0 Å². The van der Waals surface area contributed by atoms with Gasteiger partial charge >= 0.3 is 0 Å². The van der Waals surface area contributed by atoms with Crippen molar-refractivity contribution in [2.24, 2.45) is 5.14 Å². The zero-order chi connectivity index (χ0) is 13.9. The molecule has 0 bridgehead atoms. The van der Waals surface area contributed by atoms with Gasteiger partial charge in [0.15, 0.2) is 0 Å². The van der Waals surface area contributed by atoms with Gasteiger partial charge < -0.3 is 5.32 Å². The molecule has 0 saturated carbocycles. The quantitative estimate of drug-likeness (QED) is 0.891. The van der Waals surface area contributed by atoms with E-state index in [9.17, 15) is 8.42 Å². The Hall–Kier alpha value is -1.44. The minimum absolute atomic E-state index is 0.110. The molecule has 1 aromatic carbocycles. The van der Waals surface area contributed by atoms with Gasteiger partial charge in [-0.25, -0.2) is 13.6 Å². The van der Waals surface area contributed by atoms with Gasteiger partial charge in [0.2, 0.25) is 10.0 Å². The summed E-state index contributed by atoms with van der Waals surface area (Å²) in [6.07, 6.45) is 3.38. The summed E-state index contributed by atoms with van der Waals surface area (Å²) in [4.78, 5) is 4.14. The van der Waals surface area contributed by atoms with Crippen LogP contribution in [0.2, 0.25) is 0 Å². The van der Waals surface area contributed by atoms with Crippen molar-refractivity contribution in [3.63, 3.8) is 0 Å². The third-order valence-corrected chi connectivity index (χ3v) is 3.77. The summed E-state index contributed by atoms with van der Waals surface area (Å²) < 4.78 is 23.4. The number of halogens is 1. The Labute approximate surface area is 120 Å². The fourth-order valence-corrected chi connectivity index (χ4v) is 2.49. The fourth-order valence-electron chi connectivity index (χ4n) is 1.55. The lowest BCUT2D eigenvalue weighted by Gasteiger charge is -2.07. The molecule has 5 nitrogen and oxygen atoms in total. The largest absolute Gasteiger partial charge is 0.380 e. The molecule has 0 saturated heterocycles. The van der Waals surface area contributed by atoms with Gasteiger partial charge in [-0.1, -0.05) is 12.1 Å². The molecule has 1 heterocycles. The predicted molar refractivity (Wildman–Crippen MR) is 77.1 cm³/mol. The van der Waals surface area contributed by atoms with Crippen molar-refractivity contribution in [3.8, 4) is 0 Å². The first-order valence-electron chi connectivity index (χ1n) is 5.41. The number of benzene rings is 1. The van der Waals surface area contributed by atoms with E-state index in [0.717, 1.165) is 15.7 Å². The van der Waals surface area contributed by atoms with E-state index in [-0.39, 0.29) is 4.90 Å². The molecule has 0 aliphatic carbocycles. The van der Waals surface area contributed by atoms with Crippen LogP contribution in [0, 0.1) is 0 Å². The summed E-state index contributed by atoms with van der Waals surface area (Å²) in [5.41, 5.74) is 1.67. The van der Waals surface area contributed by atoms with Gasteiger partial charge in [0.1, 0.15) is 0 Å². The van der Waals surface area contributed by atoms with Gasteiger partial charge in [0.05, 0.1) is 16.8 Å². The molecule has 0 aliphatic heterocycles. The van der Waals surface area contributed by atoms with Crippen LogP contribution in [0.5, 0.6) is 0 Å². The van der Waals surface area contributed by atoms with Gasteiger partial charge in [0, 0.05) is 17.2 Å². The highest BCUT2D eigenvalue weighted by atomic mass is 79.9. The smallest absolute Gasteiger partial charge is 0.238 e. The topological polar surface area (TPSA) is 85.1 Å². The highest BCUT2D eigenvalue weighted by Gasteiger charge is 2.07. The minimum Gasteiger partial charge on any atom is -0.380 e. The minimum atomic E-state index is -3.66. The van der Waals surface area contributed by atoms with Crippen LogP contribution in [0.3, 0.4) is 0 Å². The molecule has 7 heteroatoms. The monoisotopic (exact) mass is 341 g/mol. The van der Waals surface area contributed by atoms with E-state index in [1.807, 2.05) is 12.1 Å². The average molecular weight is 342 g/mol. The first-order chi connectivity index (χ1) is 8.95. The lowest BCUT2D eigenvalue weighted by Crippen LogP contribution is -2.12. The zero-order valence-corrected chi connectivity index (χ0v) is 12.3. The van der Waals surface area contributed by atoms with Crippen molar-refractivity contribution in [2.75, 3.05) is 5.32 Å². The highest BCUT2D eigenvalue weighted by Crippen LogP contribution is 2.15. The number of sulfonamides is 1. The third kappa shape index (κ3) is 4.02. The molecule has 0 amide bonds. The van der Waals surface area contributed by atoms with E-state index in [0.29, 0.717) is 6.54 Å².